The highest BCUT2D eigenvalue weighted by molar-refractivity contribution is 7.14. The molecule has 0 saturated heterocycles. The fourth-order valence-electron chi connectivity index (χ4n) is 2.38. The summed E-state index contributed by atoms with van der Waals surface area (Å²) in [6.07, 6.45) is 0. The van der Waals surface area contributed by atoms with Gasteiger partial charge in [-0.1, -0.05) is 35.3 Å². The largest absolute Gasteiger partial charge is 0.484 e. The quantitative estimate of drug-likeness (QED) is 0.586. The molecule has 0 fully saturated rings. The minimum absolute atomic E-state index is 0.101. The molecule has 1 heterocycles. The summed E-state index contributed by atoms with van der Waals surface area (Å²) in [4.78, 5) is 16.5. The van der Waals surface area contributed by atoms with Gasteiger partial charge in [-0.15, -0.1) is 11.3 Å². The predicted molar refractivity (Wildman–Crippen MR) is 108 cm³/mol. The lowest BCUT2D eigenvalue weighted by molar-refractivity contribution is -0.118. The Hall–Kier alpha value is -2.08. The third kappa shape index (κ3) is 4.55. The van der Waals surface area contributed by atoms with Gasteiger partial charge in [0.25, 0.3) is 5.91 Å². The molecule has 1 amide bonds. The maximum Gasteiger partial charge on any atom is 0.264 e. The van der Waals surface area contributed by atoms with E-state index < -0.39 is 0 Å². The number of hydrogen-bond donors (Lipinski definition) is 1. The Balaban J connectivity index is 1.59. The molecule has 3 aromatic rings. The molecule has 0 aliphatic carbocycles. The molecule has 1 aromatic heterocycles. The first-order valence-corrected chi connectivity index (χ1v) is 9.47. The first-order valence-electron chi connectivity index (χ1n) is 7.83. The molecule has 0 atom stereocenters. The summed E-state index contributed by atoms with van der Waals surface area (Å²) >= 11 is 13.4. The second kappa shape index (κ2) is 8.08. The lowest BCUT2D eigenvalue weighted by atomic mass is 10.1. The molecule has 0 spiro atoms. The first kappa shape index (κ1) is 18.7. The van der Waals surface area contributed by atoms with Crippen molar-refractivity contribution in [2.24, 2.45) is 0 Å². The van der Waals surface area contributed by atoms with Crippen LogP contribution in [-0.4, -0.2) is 17.5 Å². The van der Waals surface area contributed by atoms with Crippen molar-refractivity contribution in [2.45, 2.75) is 13.8 Å². The van der Waals surface area contributed by atoms with Crippen LogP contribution in [0.15, 0.2) is 41.8 Å². The number of thiazole rings is 1. The lowest BCUT2D eigenvalue weighted by Gasteiger charge is -2.09. The van der Waals surface area contributed by atoms with Crippen molar-refractivity contribution in [2.75, 3.05) is 11.9 Å². The van der Waals surface area contributed by atoms with Crippen LogP contribution in [0.5, 0.6) is 5.75 Å². The van der Waals surface area contributed by atoms with Crippen molar-refractivity contribution < 1.29 is 9.53 Å². The van der Waals surface area contributed by atoms with Crippen LogP contribution in [0.25, 0.3) is 11.3 Å². The monoisotopic (exact) mass is 406 g/mol. The number of nitrogens with one attached hydrogen (secondary N) is 1. The fourth-order valence-corrected chi connectivity index (χ4v) is 3.35. The smallest absolute Gasteiger partial charge is 0.264 e. The summed E-state index contributed by atoms with van der Waals surface area (Å²) in [6.45, 7) is 3.70. The van der Waals surface area contributed by atoms with Crippen molar-refractivity contribution in [1.82, 2.24) is 4.98 Å². The molecule has 1 N–H and O–H groups in total. The van der Waals surface area contributed by atoms with Gasteiger partial charge in [0.15, 0.2) is 11.7 Å². The molecular weight excluding hydrogens is 391 g/mol. The Morgan fingerprint density at radius 2 is 1.81 bits per heavy atom. The Labute approximate surface area is 165 Å². The molecule has 2 aromatic carbocycles. The maximum atomic E-state index is 12.1. The van der Waals surface area contributed by atoms with Gasteiger partial charge in [-0.05, 0) is 49.2 Å². The molecule has 0 aliphatic rings. The van der Waals surface area contributed by atoms with Crippen LogP contribution in [0.3, 0.4) is 0 Å². The number of hydrogen-bond acceptors (Lipinski definition) is 4. The fraction of sp³-hybridized carbons (Fsp3) is 0.158. The van der Waals surface area contributed by atoms with E-state index in [9.17, 15) is 4.79 Å². The summed E-state index contributed by atoms with van der Waals surface area (Å²) in [7, 11) is 0. The number of benzene rings is 2. The van der Waals surface area contributed by atoms with Crippen molar-refractivity contribution in [3.63, 3.8) is 0 Å². The van der Waals surface area contributed by atoms with Crippen molar-refractivity contribution in [3.05, 3.63) is 63.0 Å². The zero-order valence-electron chi connectivity index (χ0n) is 14.2. The van der Waals surface area contributed by atoms with Gasteiger partial charge in [0.2, 0.25) is 0 Å². The maximum absolute atomic E-state index is 12.1. The van der Waals surface area contributed by atoms with Crippen LogP contribution in [0, 0.1) is 13.8 Å². The molecule has 0 bridgehead atoms. The second-order valence-electron chi connectivity index (χ2n) is 5.75. The van der Waals surface area contributed by atoms with Crippen LogP contribution in [0.2, 0.25) is 10.0 Å². The molecule has 0 aliphatic heterocycles. The highest BCUT2D eigenvalue weighted by atomic mass is 35.5. The van der Waals surface area contributed by atoms with E-state index in [0.29, 0.717) is 20.9 Å². The number of halogens is 2. The van der Waals surface area contributed by atoms with Gasteiger partial charge in [-0.3, -0.25) is 10.1 Å². The number of nitrogens with zero attached hydrogens (tertiary/aromatic N) is 1. The van der Waals surface area contributed by atoms with Crippen molar-refractivity contribution >= 4 is 45.6 Å². The number of carbonyl (C=O) groups is 1. The summed E-state index contributed by atoms with van der Waals surface area (Å²) in [5.74, 6) is 0.341. The van der Waals surface area contributed by atoms with E-state index in [2.05, 4.69) is 10.3 Å². The average Bonchev–Trinajstić information content (AvgIpc) is 3.06. The molecule has 134 valence electrons. The molecule has 0 radical (unpaired) electrons. The summed E-state index contributed by atoms with van der Waals surface area (Å²) in [6, 6.07) is 11.0. The number of rotatable bonds is 5. The minimum atomic E-state index is -0.271. The third-order valence-corrected chi connectivity index (χ3v) is 5.28. The first-order chi connectivity index (χ1) is 12.4. The zero-order chi connectivity index (χ0) is 18.7. The van der Waals surface area contributed by atoms with Gasteiger partial charge in [0, 0.05) is 21.0 Å². The predicted octanol–water partition coefficient (Wildman–Crippen LogP) is 5.75. The van der Waals surface area contributed by atoms with Crippen LogP contribution < -0.4 is 10.1 Å². The van der Waals surface area contributed by atoms with E-state index >= 15 is 0 Å². The topological polar surface area (TPSA) is 51.2 Å². The van der Waals surface area contributed by atoms with Crippen LogP contribution in [0.4, 0.5) is 5.13 Å². The van der Waals surface area contributed by atoms with Crippen LogP contribution in [0.1, 0.15) is 11.1 Å². The lowest BCUT2D eigenvalue weighted by Crippen LogP contribution is -2.20. The molecule has 4 nitrogen and oxygen atoms in total. The normalized spacial score (nSPS) is 10.6. The van der Waals surface area contributed by atoms with E-state index in [1.165, 1.54) is 11.3 Å². The third-order valence-electron chi connectivity index (χ3n) is 3.67. The highest BCUT2D eigenvalue weighted by Crippen LogP contribution is 2.27. The van der Waals surface area contributed by atoms with E-state index in [4.69, 9.17) is 27.9 Å². The molecule has 26 heavy (non-hydrogen) atoms. The summed E-state index contributed by atoms with van der Waals surface area (Å²) in [5.41, 5.74) is 3.55. The molecule has 0 saturated carbocycles. The van der Waals surface area contributed by atoms with Gasteiger partial charge in [-0.25, -0.2) is 4.98 Å². The molecule has 0 unspecified atom stereocenters. The number of aryl methyl sites for hydroxylation is 2. The number of amides is 1. The standard InChI is InChI=1S/C19H16Cl2N2O2S/c1-11-7-15(8-12(2)18(11)21)25-9-17(24)23-19-22-16(10-26-19)13-3-5-14(20)6-4-13/h3-8,10H,9H2,1-2H3,(H,22,23,24). The van der Waals surface area contributed by atoms with Crippen molar-refractivity contribution in [3.8, 4) is 17.0 Å². The van der Waals surface area contributed by atoms with E-state index in [0.717, 1.165) is 22.4 Å². The van der Waals surface area contributed by atoms with E-state index in [1.54, 1.807) is 12.1 Å². The Morgan fingerprint density at radius 3 is 2.46 bits per heavy atom. The molecule has 7 heteroatoms. The zero-order valence-corrected chi connectivity index (χ0v) is 16.5. The van der Waals surface area contributed by atoms with Gasteiger partial charge in [-0.2, -0.15) is 0 Å². The number of anilines is 1. The number of carbonyl (C=O) groups excluding carboxylic acids is 1. The van der Waals surface area contributed by atoms with E-state index in [-0.39, 0.29) is 12.5 Å². The highest BCUT2D eigenvalue weighted by Gasteiger charge is 2.10. The van der Waals surface area contributed by atoms with Crippen molar-refractivity contribution in [1.29, 1.82) is 0 Å². The molecule has 3 rings (SSSR count). The van der Waals surface area contributed by atoms with Gasteiger partial charge in [0.1, 0.15) is 5.75 Å². The van der Waals surface area contributed by atoms with Gasteiger partial charge in [0.05, 0.1) is 5.69 Å². The average molecular weight is 407 g/mol. The van der Waals surface area contributed by atoms with Gasteiger partial charge < -0.3 is 4.74 Å². The SMILES string of the molecule is Cc1cc(OCC(=O)Nc2nc(-c3ccc(Cl)cc3)cs2)cc(C)c1Cl. The minimum Gasteiger partial charge on any atom is -0.484 e. The summed E-state index contributed by atoms with van der Waals surface area (Å²) < 4.78 is 5.55. The second-order valence-corrected chi connectivity index (χ2v) is 7.43. The summed E-state index contributed by atoms with van der Waals surface area (Å²) in [5, 5.41) is 6.52. The van der Waals surface area contributed by atoms with Crippen LogP contribution >= 0.6 is 34.5 Å². The molecular formula is C19H16Cl2N2O2S. The Bertz CT molecular complexity index is 916. The van der Waals surface area contributed by atoms with E-state index in [1.807, 2.05) is 43.5 Å². The Morgan fingerprint density at radius 1 is 1.15 bits per heavy atom. The van der Waals surface area contributed by atoms with Crippen LogP contribution in [-0.2, 0) is 4.79 Å². The van der Waals surface area contributed by atoms with Gasteiger partial charge >= 0.3 is 0 Å². The number of ether oxygens (including phenoxy) is 1. The Kier molecular flexibility index (Phi) is 5.81. The number of aromatic nitrogens is 1.